The second kappa shape index (κ2) is 7.59. The van der Waals surface area contributed by atoms with Crippen LogP contribution in [0.15, 0.2) is 42.7 Å². The van der Waals surface area contributed by atoms with E-state index in [0.29, 0.717) is 28.2 Å². The maximum atomic E-state index is 6.05. The highest BCUT2D eigenvalue weighted by atomic mass is 35.5. The minimum atomic E-state index is -0.0480. The van der Waals surface area contributed by atoms with Crippen molar-refractivity contribution in [3.63, 3.8) is 0 Å². The summed E-state index contributed by atoms with van der Waals surface area (Å²) < 4.78 is 18.4. The van der Waals surface area contributed by atoms with E-state index in [4.69, 9.17) is 25.8 Å². The van der Waals surface area contributed by atoms with E-state index in [-0.39, 0.29) is 12.1 Å². The summed E-state index contributed by atoms with van der Waals surface area (Å²) in [6, 6.07) is 11.8. The zero-order chi connectivity index (χ0) is 19.7. The van der Waals surface area contributed by atoms with E-state index in [1.807, 2.05) is 41.1 Å². The monoisotopic (exact) mass is 400 g/mol. The van der Waals surface area contributed by atoms with E-state index in [1.165, 1.54) is 0 Å². The van der Waals surface area contributed by atoms with Gasteiger partial charge < -0.3 is 19.5 Å². The Morgan fingerprint density at radius 1 is 1.00 bits per heavy atom. The standard InChI is InChI=1S/C20H21ClN4O3/c1-26-17-8-13(9-18(27-2)19(17)28-3)16-10-15(12-4-6-14(21)7-5-12)24-20-22-11-23-25(16)20/h4-9,11,15-16H,10H2,1-3H3,(H,22,23,24). The lowest BCUT2D eigenvalue weighted by Gasteiger charge is -2.32. The van der Waals surface area contributed by atoms with Crippen molar-refractivity contribution in [3.8, 4) is 17.2 Å². The fraction of sp³-hybridized carbons (Fsp3) is 0.300. The zero-order valence-corrected chi connectivity index (χ0v) is 16.6. The average molecular weight is 401 g/mol. The number of ether oxygens (including phenoxy) is 3. The summed E-state index contributed by atoms with van der Waals surface area (Å²) in [5.74, 6) is 2.50. The molecule has 2 heterocycles. The average Bonchev–Trinajstić information content (AvgIpc) is 3.21. The number of hydrogen-bond acceptors (Lipinski definition) is 6. The third-order valence-corrected chi connectivity index (χ3v) is 5.23. The molecule has 0 saturated heterocycles. The first-order chi connectivity index (χ1) is 13.6. The molecule has 3 aromatic rings. The Bertz CT molecular complexity index is 949. The van der Waals surface area contributed by atoms with Gasteiger partial charge in [0.25, 0.3) is 0 Å². The second-order valence-electron chi connectivity index (χ2n) is 6.49. The maximum absolute atomic E-state index is 6.05. The first kappa shape index (κ1) is 18.4. The van der Waals surface area contributed by atoms with Crippen LogP contribution < -0.4 is 19.5 Å². The van der Waals surface area contributed by atoms with Crippen LogP contribution in [0.25, 0.3) is 0 Å². The summed E-state index contributed by atoms with van der Waals surface area (Å²) in [5, 5.41) is 8.58. The number of halogens is 1. The zero-order valence-electron chi connectivity index (χ0n) is 15.8. The Morgan fingerprint density at radius 2 is 1.68 bits per heavy atom. The number of nitrogens with one attached hydrogen (secondary N) is 1. The summed E-state index contributed by atoms with van der Waals surface area (Å²) in [6.07, 6.45) is 2.33. The van der Waals surface area contributed by atoms with Crippen LogP contribution in [-0.2, 0) is 0 Å². The van der Waals surface area contributed by atoms with Gasteiger partial charge in [-0.3, -0.25) is 0 Å². The summed E-state index contributed by atoms with van der Waals surface area (Å²) in [7, 11) is 4.82. The Hall–Kier alpha value is -2.93. The quantitative estimate of drug-likeness (QED) is 0.695. The Morgan fingerprint density at radius 3 is 2.29 bits per heavy atom. The summed E-state index contributed by atoms with van der Waals surface area (Å²) in [4.78, 5) is 4.37. The number of fused-ring (bicyclic) bond motifs is 1. The molecule has 4 rings (SSSR count). The van der Waals surface area contributed by atoms with E-state index in [1.54, 1.807) is 27.7 Å². The van der Waals surface area contributed by atoms with Crippen molar-refractivity contribution in [1.29, 1.82) is 0 Å². The van der Waals surface area contributed by atoms with Crippen LogP contribution in [0.5, 0.6) is 17.2 Å². The van der Waals surface area contributed by atoms with Gasteiger partial charge in [-0.15, -0.1) is 0 Å². The molecule has 1 aromatic heterocycles. The largest absolute Gasteiger partial charge is 0.493 e. The van der Waals surface area contributed by atoms with Crippen molar-refractivity contribution in [2.75, 3.05) is 26.6 Å². The van der Waals surface area contributed by atoms with E-state index < -0.39 is 0 Å². The van der Waals surface area contributed by atoms with Gasteiger partial charge in [0.2, 0.25) is 11.7 Å². The summed E-state index contributed by atoms with van der Waals surface area (Å²) in [5.41, 5.74) is 2.14. The molecule has 2 unspecified atom stereocenters. The van der Waals surface area contributed by atoms with Crippen LogP contribution in [0.4, 0.5) is 5.95 Å². The SMILES string of the molecule is COc1cc(C2CC(c3ccc(Cl)cc3)Nc3ncnn32)cc(OC)c1OC. The van der Waals surface area contributed by atoms with Crippen LogP contribution >= 0.6 is 11.6 Å². The summed E-state index contributed by atoms with van der Waals surface area (Å²) >= 11 is 6.05. The molecule has 2 aromatic carbocycles. The van der Waals surface area contributed by atoms with Gasteiger partial charge >= 0.3 is 0 Å². The van der Waals surface area contributed by atoms with Crippen molar-refractivity contribution in [1.82, 2.24) is 14.8 Å². The lowest BCUT2D eigenvalue weighted by Crippen LogP contribution is -2.28. The predicted octanol–water partition coefficient (Wildman–Crippen LogP) is 4.10. The van der Waals surface area contributed by atoms with Crippen molar-refractivity contribution >= 4 is 17.5 Å². The van der Waals surface area contributed by atoms with Gasteiger partial charge in [-0.2, -0.15) is 10.1 Å². The van der Waals surface area contributed by atoms with E-state index in [2.05, 4.69) is 15.4 Å². The molecular formula is C20H21ClN4O3. The van der Waals surface area contributed by atoms with Gasteiger partial charge in [0, 0.05) is 5.02 Å². The smallest absolute Gasteiger partial charge is 0.222 e. The van der Waals surface area contributed by atoms with Gasteiger partial charge in [-0.1, -0.05) is 23.7 Å². The van der Waals surface area contributed by atoms with Crippen LogP contribution in [0, 0.1) is 0 Å². The molecule has 0 fully saturated rings. The van der Waals surface area contributed by atoms with E-state index in [9.17, 15) is 0 Å². The number of rotatable bonds is 5. The molecule has 0 bridgehead atoms. The first-order valence-corrected chi connectivity index (χ1v) is 9.23. The topological polar surface area (TPSA) is 70.4 Å². The first-order valence-electron chi connectivity index (χ1n) is 8.86. The van der Waals surface area contributed by atoms with Gasteiger partial charge in [0.1, 0.15) is 6.33 Å². The molecule has 0 aliphatic carbocycles. The van der Waals surface area contributed by atoms with Crippen LogP contribution in [0.3, 0.4) is 0 Å². The molecule has 1 aliphatic heterocycles. The van der Waals surface area contributed by atoms with Crippen LogP contribution in [0.2, 0.25) is 5.02 Å². The predicted molar refractivity (Wildman–Crippen MR) is 107 cm³/mol. The molecule has 0 amide bonds. The number of anilines is 1. The number of benzene rings is 2. The number of hydrogen-bond donors (Lipinski definition) is 1. The molecule has 0 radical (unpaired) electrons. The molecule has 0 saturated carbocycles. The second-order valence-corrected chi connectivity index (χ2v) is 6.92. The Balaban J connectivity index is 1.77. The maximum Gasteiger partial charge on any atom is 0.222 e. The molecule has 146 valence electrons. The Labute approximate surface area is 168 Å². The normalized spacial score (nSPS) is 18.1. The minimum absolute atomic E-state index is 0.0480. The molecule has 1 aliphatic rings. The molecule has 1 N–H and O–H groups in total. The minimum Gasteiger partial charge on any atom is -0.493 e. The number of aromatic nitrogens is 3. The summed E-state index contributed by atoms with van der Waals surface area (Å²) in [6.45, 7) is 0. The molecule has 28 heavy (non-hydrogen) atoms. The highest BCUT2D eigenvalue weighted by Crippen LogP contribution is 2.44. The van der Waals surface area contributed by atoms with Crippen molar-refractivity contribution < 1.29 is 14.2 Å². The highest BCUT2D eigenvalue weighted by molar-refractivity contribution is 6.30. The third-order valence-electron chi connectivity index (χ3n) is 4.97. The van der Waals surface area contributed by atoms with Crippen LogP contribution in [0.1, 0.15) is 29.6 Å². The molecule has 7 nitrogen and oxygen atoms in total. The van der Waals surface area contributed by atoms with Crippen molar-refractivity contribution in [3.05, 3.63) is 58.9 Å². The highest BCUT2D eigenvalue weighted by Gasteiger charge is 2.31. The van der Waals surface area contributed by atoms with Crippen molar-refractivity contribution in [2.24, 2.45) is 0 Å². The molecular weight excluding hydrogens is 380 g/mol. The van der Waals surface area contributed by atoms with Crippen LogP contribution in [-0.4, -0.2) is 36.1 Å². The fourth-order valence-electron chi connectivity index (χ4n) is 3.60. The Kier molecular flexibility index (Phi) is 5.00. The van der Waals surface area contributed by atoms with Gasteiger partial charge in [-0.25, -0.2) is 4.68 Å². The van der Waals surface area contributed by atoms with E-state index >= 15 is 0 Å². The lowest BCUT2D eigenvalue weighted by molar-refractivity contribution is 0.322. The van der Waals surface area contributed by atoms with Crippen molar-refractivity contribution in [2.45, 2.75) is 18.5 Å². The molecule has 0 spiro atoms. The molecule has 2 atom stereocenters. The van der Waals surface area contributed by atoms with Gasteiger partial charge in [-0.05, 0) is 41.8 Å². The van der Waals surface area contributed by atoms with E-state index in [0.717, 1.165) is 17.5 Å². The lowest BCUT2D eigenvalue weighted by atomic mass is 9.93. The number of methoxy groups -OCH3 is 3. The van der Waals surface area contributed by atoms with Gasteiger partial charge in [0.05, 0.1) is 33.4 Å². The molecule has 8 heteroatoms. The number of nitrogens with zero attached hydrogens (tertiary/aromatic N) is 3. The fourth-order valence-corrected chi connectivity index (χ4v) is 3.73. The van der Waals surface area contributed by atoms with Gasteiger partial charge in [0.15, 0.2) is 11.5 Å². The third kappa shape index (κ3) is 3.22.